The molecule has 0 spiro atoms. The standard InChI is InChI=1S/C27H24N2O5S/c1-4-32-27(31)24-20(17-7-5-15(2)6-8-17)14-35-26(24)28-25(30)21-13-23(34-29-21)18-9-10-22-19(12-18)11-16(3)33-22/h5-10,12-14,16H,4,11H2,1-3H3,(H,28,30)/t16-/m0/s1. The lowest BCUT2D eigenvalue weighted by Gasteiger charge is -2.08. The summed E-state index contributed by atoms with van der Waals surface area (Å²) in [5.74, 6) is 0.387. The lowest BCUT2D eigenvalue weighted by Crippen LogP contribution is -2.15. The first-order valence-electron chi connectivity index (χ1n) is 11.4. The fourth-order valence-electron chi connectivity index (χ4n) is 4.06. The summed E-state index contributed by atoms with van der Waals surface area (Å²) in [4.78, 5) is 25.8. The van der Waals surface area contributed by atoms with Gasteiger partial charge >= 0.3 is 5.97 Å². The van der Waals surface area contributed by atoms with Crippen LogP contribution in [0, 0.1) is 6.92 Å². The second-order valence-corrected chi connectivity index (χ2v) is 9.31. The topological polar surface area (TPSA) is 90.7 Å². The molecule has 1 atom stereocenters. The van der Waals surface area contributed by atoms with Gasteiger partial charge in [0.05, 0.1) is 6.61 Å². The molecule has 1 amide bonds. The minimum Gasteiger partial charge on any atom is -0.490 e. The van der Waals surface area contributed by atoms with Crippen molar-refractivity contribution in [3.8, 4) is 28.2 Å². The van der Waals surface area contributed by atoms with Crippen LogP contribution >= 0.6 is 11.3 Å². The first-order chi connectivity index (χ1) is 16.9. The number of nitrogens with zero attached hydrogens (tertiary/aromatic N) is 1. The molecule has 178 valence electrons. The Morgan fingerprint density at radius 1 is 1.14 bits per heavy atom. The molecule has 0 unspecified atom stereocenters. The lowest BCUT2D eigenvalue weighted by atomic mass is 10.0. The highest BCUT2D eigenvalue weighted by molar-refractivity contribution is 7.15. The molecule has 0 bridgehead atoms. The average Bonchev–Trinajstić information content (AvgIpc) is 3.57. The SMILES string of the molecule is CCOC(=O)c1c(-c2ccc(C)cc2)csc1NC(=O)c1cc(-c2ccc3c(c2)C[C@H](C)O3)on1. The number of carbonyl (C=O) groups excluding carboxylic acids is 2. The van der Waals surface area contributed by atoms with Crippen LogP contribution in [-0.2, 0) is 11.2 Å². The van der Waals surface area contributed by atoms with Crippen molar-refractivity contribution in [2.45, 2.75) is 33.3 Å². The van der Waals surface area contributed by atoms with Crippen LogP contribution < -0.4 is 10.1 Å². The van der Waals surface area contributed by atoms with Gasteiger partial charge in [-0.15, -0.1) is 11.3 Å². The molecule has 0 aliphatic carbocycles. The maximum absolute atomic E-state index is 13.0. The molecule has 0 radical (unpaired) electrons. The van der Waals surface area contributed by atoms with Crippen LogP contribution in [0.1, 0.15) is 45.8 Å². The van der Waals surface area contributed by atoms with Gasteiger partial charge in [0.1, 0.15) is 22.4 Å². The molecule has 1 aliphatic heterocycles. The van der Waals surface area contributed by atoms with Crippen molar-refractivity contribution in [3.05, 3.63) is 76.3 Å². The minimum atomic E-state index is -0.491. The number of esters is 1. The number of thiophene rings is 1. The molecule has 2 aromatic heterocycles. The van der Waals surface area contributed by atoms with E-state index >= 15 is 0 Å². The Morgan fingerprint density at radius 3 is 2.69 bits per heavy atom. The van der Waals surface area contributed by atoms with Crippen molar-refractivity contribution >= 4 is 28.2 Å². The minimum absolute atomic E-state index is 0.116. The van der Waals surface area contributed by atoms with Gasteiger partial charge in [0.25, 0.3) is 5.91 Å². The largest absolute Gasteiger partial charge is 0.490 e. The number of ether oxygens (including phenoxy) is 2. The van der Waals surface area contributed by atoms with E-state index in [1.54, 1.807) is 13.0 Å². The van der Waals surface area contributed by atoms with Gasteiger partial charge in [0.2, 0.25) is 0 Å². The molecule has 3 heterocycles. The second-order valence-electron chi connectivity index (χ2n) is 8.43. The summed E-state index contributed by atoms with van der Waals surface area (Å²) in [7, 11) is 0. The van der Waals surface area contributed by atoms with Crippen molar-refractivity contribution in [2.75, 3.05) is 11.9 Å². The van der Waals surface area contributed by atoms with Crippen molar-refractivity contribution in [1.29, 1.82) is 0 Å². The highest BCUT2D eigenvalue weighted by Crippen LogP contribution is 2.37. The van der Waals surface area contributed by atoms with Gasteiger partial charge in [-0.3, -0.25) is 4.79 Å². The molecular weight excluding hydrogens is 464 g/mol. The number of anilines is 1. The Kier molecular flexibility index (Phi) is 6.13. The van der Waals surface area contributed by atoms with E-state index in [2.05, 4.69) is 10.5 Å². The molecule has 0 saturated carbocycles. The van der Waals surface area contributed by atoms with Crippen LogP contribution in [0.4, 0.5) is 5.00 Å². The van der Waals surface area contributed by atoms with Crippen LogP contribution in [0.3, 0.4) is 0 Å². The third-order valence-electron chi connectivity index (χ3n) is 5.78. The summed E-state index contributed by atoms with van der Waals surface area (Å²) in [6.45, 7) is 6.00. The van der Waals surface area contributed by atoms with E-state index in [0.29, 0.717) is 21.9 Å². The highest BCUT2D eigenvalue weighted by atomic mass is 32.1. The van der Waals surface area contributed by atoms with Crippen molar-refractivity contribution in [1.82, 2.24) is 5.16 Å². The number of benzene rings is 2. The molecule has 4 aromatic rings. The second kappa shape index (κ2) is 9.38. The summed E-state index contributed by atoms with van der Waals surface area (Å²) in [5, 5.41) is 9.01. The zero-order valence-electron chi connectivity index (χ0n) is 19.6. The smallest absolute Gasteiger partial charge is 0.341 e. The predicted molar refractivity (Wildman–Crippen MR) is 134 cm³/mol. The maximum Gasteiger partial charge on any atom is 0.341 e. The average molecular weight is 489 g/mol. The third kappa shape index (κ3) is 4.57. The number of aromatic nitrogens is 1. The number of hydrogen-bond acceptors (Lipinski definition) is 7. The number of hydrogen-bond donors (Lipinski definition) is 1. The zero-order chi connectivity index (χ0) is 24.5. The molecule has 8 heteroatoms. The van der Waals surface area contributed by atoms with E-state index in [0.717, 1.165) is 34.4 Å². The third-order valence-corrected chi connectivity index (χ3v) is 6.68. The van der Waals surface area contributed by atoms with E-state index in [4.69, 9.17) is 14.0 Å². The molecule has 35 heavy (non-hydrogen) atoms. The fourth-order valence-corrected chi connectivity index (χ4v) is 5.01. The molecule has 0 fully saturated rings. The Morgan fingerprint density at radius 2 is 1.91 bits per heavy atom. The van der Waals surface area contributed by atoms with Crippen LogP contribution in [0.2, 0.25) is 0 Å². The van der Waals surface area contributed by atoms with E-state index < -0.39 is 11.9 Å². The molecule has 5 rings (SSSR count). The van der Waals surface area contributed by atoms with Gasteiger partial charge in [0.15, 0.2) is 11.5 Å². The Bertz CT molecular complexity index is 1400. The van der Waals surface area contributed by atoms with Gasteiger partial charge in [-0.05, 0) is 50.1 Å². The molecule has 1 N–H and O–H groups in total. The highest BCUT2D eigenvalue weighted by Gasteiger charge is 2.25. The zero-order valence-corrected chi connectivity index (χ0v) is 20.4. The van der Waals surface area contributed by atoms with Crippen molar-refractivity contribution in [2.24, 2.45) is 0 Å². The van der Waals surface area contributed by atoms with E-state index in [-0.39, 0.29) is 18.4 Å². The van der Waals surface area contributed by atoms with Gasteiger partial charge in [-0.25, -0.2) is 4.79 Å². The summed E-state index contributed by atoms with van der Waals surface area (Å²) in [5.41, 5.74) is 5.04. The number of nitrogens with one attached hydrogen (secondary N) is 1. The number of carbonyl (C=O) groups is 2. The summed E-state index contributed by atoms with van der Waals surface area (Å²) in [6.07, 6.45) is 0.962. The molecule has 7 nitrogen and oxygen atoms in total. The van der Waals surface area contributed by atoms with Crippen molar-refractivity contribution in [3.63, 3.8) is 0 Å². The molecule has 0 saturated heterocycles. The summed E-state index contributed by atoms with van der Waals surface area (Å²) in [6, 6.07) is 15.2. The summed E-state index contributed by atoms with van der Waals surface area (Å²) >= 11 is 1.26. The van der Waals surface area contributed by atoms with Gasteiger partial charge in [-0.2, -0.15) is 0 Å². The molecule has 1 aliphatic rings. The quantitative estimate of drug-likeness (QED) is 0.328. The monoisotopic (exact) mass is 488 g/mol. The Hall–Kier alpha value is -3.91. The number of rotatable bonds is 6. The van der Waals surface area contributed by atoms with Crippen LogP contribution in [-0.4, -0.2) is 29.7 Å². The number of aryl methyl sites for hydroxylation is 1. The van der Waals surface area contributed by atoms with E-state index in [9.17, 15) is 9.59 Å². The van der Waals surface area contributed by atoms with Crippen LogP contribution in [0.5, 0.6) is 5.75 Å². The number of amides is 1. The van der Waals surface area contributed by atoms with E-state index in [1.165, 1.54) is 11.3 Å². The first-order valence-corrected chi connectivity index (χ1v) is 12.2. The molecular formula is C27H24N2O5S. The van der Waals surface area contributed by atoms with Gasteiger partial charge in [-0.1, -0.05) is 35.0 Å². The van der Waals surface area contributed by atoms with Gasteiger partial charge in [0, 0.05) is 29.0 Å². The predicted octanol–water partition coefficient (Wildman–Crippen LogP) is 6.13. The first kappa shape index (κ1) is 22.9. The Labute approximate surface area is 206 Å². The Balaban J connectivity index is 1.40. The lowest BCUT2D eigenvalue weighted by molar-refractivity contribution is 0.0529. The van der Waals surface area contributed by atoms with Crippen molar-refractivity contribution < 1.29 is 23.6 Å². The maximum atomic E-state index is 13.0. The fraction of sp³-hybridized carbons (Fsp3) is 0.222. The summed E-state index contributed by atoms with van der Waals surface area (Å²) < 4.78 is 16.5. The van der Waals surface area contributed by atoms with E-state index in [1.807, 2.05) is 61.7 Å². The normalized spacial score (nSPS) is 14.3. The van der Waals surface area contributed by atoms with Crippen LogP contribution in [0.15, 0.2) is 58.4 Å². The number of fused-ring (bicyclic) bond motifs is 1. The van der Waals surface area contributed by atoms with Gasteiger partial charge < -0.3 is 19.3 Å². The van der Waals surface area contributed by atoms with Crippen LogP contribution in [0.25, 0.3) is 22.5 Å². The molecule has 2 aromatic carbocycles.